The monoisotopic (exact) mass is 154 g/mol. The second-order valence-corrected chi connectivity index (χ2v) is 1.84. The maximum atomic E-state index is 4.12. The first kappa shape index (κ1) is 15.7. The quantitative estimate of drug-likeness (QED) is 0.266. The van der Waals surface area contributed by atoms with Gasteiger partial charge in [-0.15, -0.1) is 0 Å². The third-order valence-electron chi connectivity index (χ3n) is 0. The number of hydrogen-bond donors (Lipinski definition) is 0. The fourth-order valence-corrected chi connectivity index (χ4v) is 0. The fourth-order valence-electron chi connectivity index (χ4n) is 0. The van der Waals surface area contributed by atoms with Crippen molar-refractivity contribution < 1.29 is 5.48 Å². The predicted molar refractivity (Wildman–Crippen MR) is 31.7 cm³/mol. The first-order valence-corrected chi connectivity index (χ1v) is 3.00. The van der Waals surface area contributed by atoms with Crippen molar-refractivity contribution in [3.05, 3.63) is 0 Å². The summed E-state index contributed by atoms with van der Waals surface area (Å²) in [5.41, 5.74) is 0. The molecule has 0 unspecified atom stereocenters. The molecule has 0 aliphatic carbocycles. The summed E-state index contributed by atoms with van der Waals surface area (Å²) < 4.78 is 0. The Morgan fingerprint density at radius 2 is 1.20 bits per heavy atom. The average molecular weight is 154 g/mol. The van der Waals surface area contributed by atoms with Gasteiger partial charge >= 0.3 is 37.7 Å². The Balaban J connectivity index is -0.0000000200. The smallest absolute Gasteiger partial charge is 0.747 e. The number of hydrogen-bond acceptors (Lipinski definition) is 3. The Kier molecular flexibility index (Phi) is 51.1. The van der Waals surface area contributed by atoms with Gasteiger partial charge in [0.1, 0.15) is 0 Å². The Labute approximate surface area is 75.2 Å². The van der Waals surface area contributed by atoms with Crippen LogP contribution in [0.1, 0.15) is 0 Å². The molecule has 0 aromatic rings. The van der Waals surface area contributed by atoms with Gasteiger partial charge in [-0.25, -0.2) is 0 Å². The van der Waals surface area contributed by atoms with Gasteiger partial charge < -0.3 is 38.6 Å². The van der Waals surface area contributed by atoms with Crippen LogP contribution < -0.4 is 0 Å². The average Bonchev–Trinajstić information content (AvgIpc) is 0.918. The van der Waals surface area contributed by atoms with Crippen LogP contribution in [0.4, 0.5) is 0 Å². The first-order chi connectivity index (χ1) is 1.41. The number of rotatable bonds is 0. The molecule has 0 radical (unpaired) electrons. The Hall–Kier alpha value is 2.27. The molecule has 0 bridgehead atoms. The molecule has 1 nitrogen and oxygen atoms in total. The summed E-state index contributed by atoms with van der Waals surface area (Å²) in [6.07, 6.45) is 0. The SMILES string of the molecule is O.[Ca+2].[S-]S[S-]. The molecule has 0 spiro atoms. The van der Waals surface area contributed by atoms with Crippen LogP contribution in [0.15, 0.2) is 0 Å². The van der Waals surface area contributed by atoms with Crippen molar-refractivity contribution in [1.29, 1.82) is 0 Å². The van der Waals surface area contributed by atoms with Crippen molar-refractivity contribution in [2.24, 2.45) is 0 Å². The zero-order chi connectivity index (χ0) is 2.71. The normalized spacial score (nSPS) is 3.60. The van der Waals surface area contributed by atoms with Crippen LogP contribution in [0.25, 0.3) is 0 Å². The van der Waals surface area contributed by atoms with E-state index >= 15 is 0 Å². The molecule has 0 saturated carbocycles. The molecule has 0 saturated heterocycles. The van der Waals surface area contributed by atoms with Gasteiger partial charge in [-0.3, -0.25) is 0 Å². The van der Waals surface area contributed by atoms with Gasteiger partial charge in [-0.05, 0) is 0 Å². The molecule has 5 heavy (non-hydrogen) atoms. The van der Waals surface area contributed by atoms with Crippen molar-refractivity contribution in [1.82, 2.24) is 0 Å². The summed E-state index contributed by atoms with van der Waals surface area (Å²) in [4.78, 5) is 0. The van der Waals surface area contributed by atoms with Crippen LogP contribution in [0.2, 0.25) is 0 Å². The molecular weight excluding hydrogens is 152 g/mol. The van der Waals surface area contributed by atoms with E-state index in [0.29, 0.717) is 0 Å². The Bertz CT molecular complexity index is 6.85. The standard InChI is InChI=1S/Ca.H2O.H2S3/c;;1-3-2/h;1H2;1-2H/q+2;;/p-2. The van der Waals surface area contributed by atoms with E-state index in [9.17, 15) is 0 Å². The largest absolute Gasteiger partial charge is 2.00 e. The minimum atomic E-state index is 0. The van der Waals surface area contributed by atoms with Crippen LogP contribution in [-0.2, 0) is 23.3 Å². The minimum absolute atomic E-state index is 0. The van der Waals surface area contributed by atoms with Crippen LogP contribution in [0, 0.1) is 0 Å². The molecule has 0 heterocycles. The molecule has 0 fully saturated rings. The van der Waals surface area contributed by atoms with Gasteiger partial charge in [-0.2, -0.15) is 0 Å². The molecule has 2 N–H and O–H groups in total. The van der Waals surface area contributed by atoms with Crippen molar-refractivity contribution in [2.45, 2.75) is 0 Å². The predicted octanol–water partition coefficient (Wildman–Crippen LogP) is -0.562. The topological polar surface area (TPSA) is 31.5 Å². The molecule has 0 amide bonds. The minimum Gasteiger partial charge on any atom is -0.747 e. The van der Waals surface area contributed by atoms with E-state index < -0.39 is 0 Å². The summed E-state index contributed by atoms with van der Waals surface area (Å²) in [5, 5.41) is 0. The van der Waals surface area contributed by atoms with E-state index in [1.165, 1.54) is 0 Å². The van der Waals surface area contributed by atoms with Crippen molar-refractivity contribution in [3.8, 4) is 0 Å². The van der Waals surface area contributed by atoms with Crippen molar-refractivity contribution in [2.75, 3.05) is 0 Å². The second kappa shape index (κ2) is 16.3. The van der Waals surface area contributed by atoms with E-state index in [0.717, 1.165) is 9.83 Å². The molecule has 0 aromatic heterocycles. The summed E-state index contributed by atoms with van der Waals surface area (Å²) in [6.45, 7) is 0. The molecule has 0 rings (SSSR count). The van der Waals surface area contributed by atoms with Crippen LogP contribution in [-0.4, -0.2) is 43.2 Å². The van der Waals surface area contributed by atoms with Gasteiger partial charge in [-0.1, -0.05) is 0 Å². The van der Waals surface area contributed by atoms with E-state index in [1.54, 1.807) is 0 Å². The van der Waals surface area contributed by atoms with Crippen LogP contribution in [0.5, 0.6) is 0 Å². The van der Waals surface area contributed by atoms with Crippen LogP contribution >= 0.6 is 9.83 Å². The molecule has 0 aliphatic rings. The molecular formula is H2CaOS3. The van der Waals surface area contributed by atoms with Crippen molar-refractivity contribution >= 4 is 70.9 Å². The third kappa shape index (κ3) is 22.2. The zero-order valence-electron chi connectivity index (χ0n) is 2.43. The van der Waals surface area contributed by atoms with Crippen LogP contribution in [0.3, 0.4) is 0 Å². The maximum Gasteiger partial charge on any atom is 2.00 e. The molecule has 0 aliphatic heterocycles. The Morgan fingerprint density at radius 3 is 1.20 bits per heavy atom. The van der Waals surface area contributed by atoms with E-state index in [1.807, 2.05) is 0 Å². The van der Waals surface area contributed by atoms with E-state index in [4.69, 9.17) is 0 Å². The van der Waals surface area contributed by atoms with Gasteiger partial charge in [0.25, 0.3) is 0 Å². The van der Waals surface area contributed by atoms with Gasteiger partial charge in [0.2, 0.25) is 0 Å². The van der Waals surface area contributed by atoms with Gasteiger partial charge in [0, 0.05) is 0 Å². The zero-order valence-corrected chi connectivity index (χ0v) is 7.09. The molecule has 0 atom stereocenters. The van der Waals surface area contributed by atoms with E-state index in [-0.39, 0.29) is 43.2 Å². The van der Waals surface area contributed by atoms with Crippen molar-refractivity contribution in [3.63, 3.8) is 0 Å². The molecule has 0 aromatic carbocycles. The van der Waals surface area contributed by atoms with Gasteiger partial charge in [0.15, 0.2) is 0 Å². The second-order valence-electron chi connectivity index (χ2n) is 0.0680. The Morgan fingerprint density at radius 1 is 1.20 bits per heavy atom. The summed E-state index contributed by atoms with van der Waals surface area (Å²) in [6, 6.07) is 0. The summed E-state index contributed by atoms with van der Waals surface area (Å²) in [7, 11) is 0.917. The molecule has 5 heteroatoms. The fraction of sp³-hybridized carbons (Fsp3) is 0. The van der Waals surface area contributed by atoms with E-state index in [2.05, 4.69) is 23.3 Å². The summed E-state index contributed by atoms with van der Waals surface area (Å²) >= 11 is 8.25. The third-order valence-corrected chi connectivity index (χ3v) is 0. The summed E-state index contributed by atoms with van der Waals surface area (Å²) in [5.74, 6) is 0. The van der Waals surface area contributed by atoms with Gasteiger partial charge in [0.05, 0.1) is 0 Å². The first-order valence-electron chi connectivity index (χ1n) is 0.333. The molecule has 28 valence electrons. The maximum absolute atomic E-state index is 4.12.